The largest absolute Gasteiger partial charge is 0.492 e. The quantitative estimate of drug-likeness (QED) is 0.508. The standard InChI is InChI=1S/C30H43NO4/c1-21-13-24(4-5-28(21)33-12-9-31-7-10-32-11-8-31)25-3-2-6-29(19-25)20-30(35-34-29)26-15-22-14-23(17-26)18-27(30)16-22/h4-5,13,22-23,25-27H,2-3,6-12,14-20H2,1H3/t22?,23?,25?,26?,27?,29-,30?/m1/s1. The molecule has 1 unspecified atom stereocenters. The molecule has 5 nitrogen and oxygen atoms in total. The van der Waals surface area contributed by atoms with Gasteiger partial charge in [0.15, 0.2) is 0 Å². The predicted octanol–water partition coefficient (Wildman–Crippen LogP) is 5.65. The van der Waals surface area contributed by atoms with Crippen molar-refractivity contribution in [2.24, 2.45) is 23.7 Å². The molecule has 0 amide bonds. The van der Waals surface area contributed by atoms with Crippen LogP contribution < -0.4 is 4.74 Å². The van der Waals surface area contributed by atoms with Gasteiger partial charge < -0.3 is 9.47 Å². The minimum atomic E-state index is -0.0699. The first kappa shape index (κ1) is 23.0. The molecule has 8 rings (SSSR count). The van der Waals surface area contributed by atoms with E-state index in [-0.39, 0.29) is 11.2 Å². The lowest BCUT2D eigenvalue weighted by molar-refractivity contribution is -0.385. The van der Waals surface area contributed by atoms with E-state index in [9.17, 15) is 0 Å². The number of ether oxygens (including phenoxy) is 2. The molecule has 1 aromatic carbocycles. The van der Waals surface area contributed by atoms with Crippen molar-refractivity contribution in [1.29, 1.82) is 0 Å². The molecule has 7 fully saturated rings. The van der Waals surface area contributed by atoms with Crippen molar-refractivity contribution in [3.8, 4) is 5.75 Å². The van der Waals surface area contributed by atoms with Gasteiger partial charge in [0.25, 0.3) is 0 Å². The molecule has 7 aliphatic rings. The molecule has 2 spiro atoms. The molecule has 35 heavy (non-hydrogen) atoms. The molecule has 192 valence electrons. The van der Waals surface area contributed by atoms with Crippen molar-refractivity contribution in [2.45, 2.75) is 88.3 Å². The van der Waals surface area contributed by atoms with Crippen molar-refractivity contribution in [3.63, 3.8) is 0 Å². The van der Waals surface area contributed by atoms with Crippen LogP contribution in [0, 0.1) is 30.6 Å². The minimum Gasteiger partial charge on any atom is -0.492 e. The van der Waals surface area contributed by atoms with E-state index in [0.717, 1.165) is 81.7 Å². The molecular weight excluding hydrogens is 438 g/mol. The number of aryl methyl sites for hydroxylation is 1. The van der Waals surface area contributed by atoms with Gasteiger partial charge in [0.1, 0.15) is 23.6 Å². The fourth-order valence-corrected chi connectivity index (χ4v) is 9.18. The summed E-state index contributed by atoms with van der Waals surface area (Å²) in [6.07, 6.45) is 13.0. The topological polar surface area (TPSA) is 40.2 Å². The highest BCUT2D eigenvalue weighted by molar-refractivity contribution is 5.38. The third-order valence-electron chi connectivity index (χ3n) is 10.7. The first-order chi connectivity index (χ1) is 17.1. The summed E-state index contributed by atoms with van der Waals surface area (Å²) in [7, 11) is 0. The summed E-state index contributed by atoms with van der Waals surface area (Å²) >= 11 is 0. The van der Waals surface area contributed by atoms with E-state index in [0.29, 0.717) is 5.92 Å². The fourth-order valence-electron chi connectivity index (χ4n) is 9.18. The van der Waals surface area contributed by atoms with Gasteiger partial charge in [-0.3, -0.25) is 4.90 Å². The highest BCUT2D eigenvalue weighted by Crippen LogP contribution is 2.65. The summed E-state index contributed by atoms with van der Waals surface area (Å²) in [5.74, 6) is 5.02. The third-order valence-corrected chi connectivity index (χ3v) is 10.7. The average molecular weight is 482 g/mol. The highest BCUT2D eigenvalue weighted by Gasteiger charge is 2.65. The van der Waals surface area contributed by atoms with Gasteiger partial charge in [-0.25, -0.2) is 9.78 Å². The van der Waals surface area contributed by atoms with E-state index < -0.39 is 0 Å². The molecule has 2 aliphatic heterocycles. The van der Waals surface area contributed by atoms with Crippen LogP contribution in [0.25, 0.3) is 0 Å². The Kier molecular flexibility index (Phi) is 5.92. The Labute approximate surface area is 210 Å². The molecule has 5 heteroatoms. The Balaban J connectivity index is 1.01. The Morgan fingerprint density at radius 2 is 1.77 bits per heavy atom. The monoisotopic (exact) mass is 481 g/mol. The van der Waals surface area contributed by atoms with Crippen LogP contribution in [0.2, 0.25) is 0 Å². The minimum absolute atomic E-state index is 0.0312. The Morgan fingerprint density at radius 1 is 1.00 bits per heavy atom. The molecule has 2 atom stereocenters. The smallest absolute Gasteiger partial charge is 0.122 e. The Hall–Kier alpha value is -1.14. The van der Waals surface area contributed by atoms with Crippen LogP contribution >= 0.6 is 0 Å². The SMILES string of the molecule is Cc1cc(C2CCC[C@@]3(C2)CC2(OO3)C3CC4CC(C3)CC2C4)ccc1OCCN1CCOCC1. The number of hydrogen-bond acceptors (Lipinski definition) is 5. The summed E-state index contributed by atoms with van der Waals surface area (Å²) in [5, 5.41) is 0. The molecule has 4 bridgehead atoms. The van der Waals surface area contributed by atoms with Gasteiger partial charge in [0, 0.05) is 26.1 Å². The summed E-state index contributed by atoms with van der Waals surface area (Å²) in [6, 6.07) is 6.90. The Morgan fingerprint density at radius 3 is 2.51 bits per heavy atom. The zero-order chi connectivity index (χ0) is 23.5. The highest BCUT2D eigenvalue weighted by atomic mass is 17.2. The molecule has 1 aromatic rings. The maximum Gasteiger partial charge on any atom is 0.122 e. The second kappa shape index (κ2) is 9.01. The van der Waals surface area contributed by atoms with Gasteiger partial charge in [0.2, 0.25) is 0 Å². The molecule has 2 saturated heterocycles. The lowest BCUT2D eigenvalue weighted by Gasteiger charge is -2.58. The van der Waals surface area contributed by atoms with Crippen LogP contribution in [-0.2, 0) is 14.5 Å². The van der Waals surface area contributed by atoms with Crippen molar-refractivity contribution in [1.82, 2.24) is 4.90 Å². The van der Waals surface area contributed by atoms with Gasteiger partial charge in [0.05, 0.1) is 13.2 Å². The van der Waals surface area contributed by atoms with E-state index in [1.54, 1.807) is 0 Å². The third kappa shape index (κ3) is 4.15. The number of morpholine rings is 1. The first-order valence-corrected chi connectivity index (χ1v) is 14.5. The first-order valence-electron chi connectivity index (χ1n) is 14.5. The normalized spacial score (nSPS) is 42.8. The number of nitrogens with zero attached hydrogens (tertiary/aromatic N) is 1. The van der Waals surface area contributed by atoms with E-state index >= 15 is 0 Å². The molecule has 2 heterocycles. The van der Waals surface area contributed by atoms with Gasteiger partial charge in [-0.1, -0.05) is 12.1 Å². The van der Waals surface area contributed by atoms with Gasteiger partial charge >= 0.3 is 0 Å². The summed E-state index contributed by atoms with van der Waals surface area (Å²) in [4.78, 5) is 15.4. The van der Waals surface area contributed by atoms with Crippen LogP contribution in [-0.4, -0.2) is 55.6 Å². The molecule has 0 radical (unpaired) electrons. The van der Waals surface area contributed by atoms with E-state index in [2.05, 4.69) is 30.0 Å². The molecular formula is C30H43NO4. The van der Waals surface area contributed by atoms with Gasteiger partial charge in [-0.2, -0.15) is 0 Å². The van der Waals surface area contributed by atoms with Crippen LogP contribution in [0.3, 0.4) is 0 Å². The number of rotatable bonds is 5. The van der Waals surface area contributed by atoms with Crippen molar-refractivity contribution >= 4 is 0 Å². The zero-order valence-corrected chi connectivity index (χ0v) is 21.5. The van der Waals surface area contributed by atoms with Crippen LogP contribution in [0.1, 0.15) is 81.3 Å². The van der Waals surface area contributed by atoms with E-state index in [1.165, 1.54) is 62.5 Å². The van der Waals surface area contributed by atoms with E-state index in [1.807, 2.05) is 0 Å². The van der Waals surface area contributed by atoms with Crippen LogP contribution in [0.4, 0.5) is 0 Å². The average Bonchev–Trinajstić information content (AvgIpc) is 3.23. The summed E-state index contributed by atoms with van der Waals surface area (Å²) in [6.45, 7) is 7.62. The second-order valence-electron chi connectivity index (χ2n) is 12.9. The lowest BCUT2D eigenvalue weighted by atomic mass is 9.48. The van der Waals surface area contributed by atoms with E-state index in [4.69, 9.17) is 19.2 Å². The second-order valence-corrected chi connectivity index (χ2v) is 12.9. The van der Waals surface area contributed by atoms with Crippen molar-refractivity contribution in [3.05, 3.63) is 29.3 Å². The maximum atomic E-state index is 6.50. The van der Waals surface area contributed by atoms with Gasteiger partial charge in [-0.05, 0) is 111 Å². The Bertz CT molecular complexity index is 899. The molecule has 5 saturated carbocycles. The number of hydrogen-bond donors (Lipinski definition) is 0. The predicted molar refractivity (Wildman–Crippen MR) is 134 cm³/mol. The molecule has 0 aromatic heterocycles. The van der Waals surface area contributed by atoms with Crippen LogP contribution in [0.5, 0.6) is 5.75 Å². The van der Waals surface area contributed by atoms with Gasteiger partial charge in [-0.15, -0.1) is 0 Å². The van der Waals surface area contributed by atoms with Crippen LogP contribution in [0.15, 0.2) is 18.2 Å². The molecule has 5 aliphatic carbocycles. The zero-order valence-electron chi connectivity index (χ0n) is 21.5. The maximum absolute atomic E-state index is 6.50. The summed E-state index contributed by atoms with van der Waals surface area (Å²) in [5.41, 5.74) is 2.67. The van der Waals surface area contributed by atoms with Crippen molar-refractivity contribution in [2.75, 3.05) is 39.5 Å². The number of benzene rings is 1. The fraction of sp³-hybridized carbons (Fsp3) is 0.800. The summed E-state index contributed by atoms with van der Waals surface area (Å²) < 4.78 is 11.6. The van der Waals surface area contributed by atoms with Crippen molar-refractivity contribution < 1.29 is 19.2 Å². The lowest BCUT2D eigenvalue weighted by Crippen LogP contribution is -2.58. The molecule has 0 N–H and O–H groups in total.